The van der Waals surface area contributed by atoms with Crippen LogP contribution in [0.2, 0.25) is 0 Å². The highest BCUT2D eigenvalue weighted by Gasteiger charge is 2.31. The van der Waals surface area contributed by atoms with Crippen LogP contribution < -0.4 is 21.1 Å². The summed E-state index contributed by atoms with van der Waals surface area (Å²) in [5.74, 6) is 0.953. The zero-order chi connectivity index (χ0) is 23.2. The average molecular weight is 456 g/mol. The Morgan fingerprint density at radius 1 is 0.912 bits per heavy atom. The van der Waals surface area contributed by atoms with Crippen LogP contribution >= 0.6 is 0 Å². The van der Waals surface area contributed by atoms with Gasteiger partial charge in [-0.2, -0.15) is 0 Å². The molecule has 1 saturated heterocycles. The molecule has 1 aliphatic carbocycles. The van der Waals surface area contributed by atoms with Crippen LogP contribution in [0.5, 0.6) is 0 Å². The second-order valence-electron chi connectivity index (χ2n) is 9.75. The Labute approximate surface area is 198 Å². The van der Waals surface area contributed by atoms with Crippen LogP contribution in [0.25, 0.3) is 22.1 Å². The predicted octanol–water partition coefficient (Wildman–Crippen LogP) is 4.29. The van der Waals surface area contributed by atoms with E-state index in [4.69, 9.17) is 4.42 Å². The third-order valence-corrected chi connectivity index (χ3v) is 7.05. The summed E-state index contributed by atoms with van der Waals surface area (Å²) in [4.78, 5) is 28.8. The van der Waals surface area contributed by atoms with Crippen molar-refractivity contribution in [1.82, 2.24) is 4.90 Å². The summed E-state index contributed by atoms with van der Waals surface area (Å²) in [5, 5.41) is 4.38. The van der Waals surface area contributed by atoms with Crippen molar-refractivity contribution in [1.29, 1.82) is 0 Å². The van der Waals surface area contributed by atoms with Gasteiger partial charge in [0.25, 0.3) is 10.9 Å². The van der Waals surface area contributed by atoms with Crippen molar-refractivity contribution >= 4 is 22.3 Å². The standard InChI is InChI=1S/C28H29N3O3/c1-18-3-5-19(6-4-18)20-7-10-24-21(15-20)16-23(34-24)17-30-11-2-12-31(14-13-30)26-25(27(32)28(26)33)29-22-8-9-22/h3-7,10,15-16,22,29H,2,8-9,11-14,17H2,1H3. The summed E-state index contributed by atoms with van der Waals surface area (Å²) in [6, 6.07) is 17.4. The zero-order valence-corrected chi connectivity index (χ0v) is 19.5. The Morgan fingerprint density at radius 2 is 1.71 bits per heavy atom. The molecule has 0 bridgehead atoms. The highest BCUT2D eigenvalue weighted by molar-refractivity contribution is 5.84. The van der Waals surface area contributed by atoms with E-state index in [2.05, 4.69) is 70.6 Å². The van der Waals surface area contributed by atoms with Gasteiger partial charge in [-0.05, 0) is 55.5 Å². The number of furan rings is 1. The zero-order valence-electron chi connectivity index (χ0n) is 19.5. The first-order valence-corrected chi connectivity index (χ1v) is 12.2. The van der Waals surface area contributed by atoms with Crippen molar-refractivity contribution < 1.29 is 4.42 Å². The van der Waals surface area contributed by atoms with Crippen molar-refractivity contribution in [3.8, 4) is 11.1 Å². The van der Waals surface area contributed by atoms with E-state index < -0.39 is 0 Å². The van der Waals surface area contributed by atoms with Crippen LogP contribution in [-0.2, 0) is 6.54 Å². The minimum atomic E-state index is -0.352. The van der Waals surface area contributed by atoms with Crippen LogP contribution in [0.4, 0.5) is 11.4 Å². The molecule has 0 spiro atoms. The quantitative estimate of drug-likeness (QED) is 0.438. The molecule has 2 heterocycles. The normalized spacial score (nSPS) is 17.4. The van der Waals surface area contributed by atoms with E-state index in [1.165, 1.54) is 16.7 Å². The van der Waals surface area contributed by atoms with Crippen LogP contribution in [-0.4, -0.2) is 37.1 Å². The number of aryl methyl sites for hydroxylation is 1. The first-order chi connectivity index (χ1) is 16.5. The van der Waals surface area contributed by atoms with E-state index in [-0.39, 0.29) is 10.9 Å². The average Bonchev–Trinajstić information content (AvgIpc) is 3.62. The summed E-state index contributed by atoms with van der Waals surface area (Å²) < 4.78 is 6.15. The number of rotatable bonds is 6. The molecule has 1 N–H and O–H groups in total. The lowest BCUT2D eigenvalue weighted by Gasteiger charge is -2.26. The topological polar surface area (TPSA) is 65.8 Å². The Balaban J connectivity index is 1.14. The van der Waals surface area contributed by atoms with Gasteiger partial charge in [0.1, 0.15) is 22.7 Å². The smallest absolute Gasteiger partial charge is 0.253 e. The van der Waals surface area contributed by atoms with Gasteiger partial charge in [0.2, 0.25) is 0 Å². The molecule has 3 aromatic carbocycles. The number of fused-ring (bicyclic) bond motifs is 1. The van der Waals surface area contributed by atoms with Crippen molar-refractivity contribution in [2.24, 2.45) is 0 Å². The number of nitrogens with one attached hydrogen (secondary N) is 1. The maximum absolute atomic E-state index is 12.3. The number of anilines is 2. The molecule has 1 saturated carbocycles. The van der Waals surface area contributed by atoms with Crippen molar-refractivity contribution in [3.63, 3.8) is 0 Å². The highest BCUT2D eigenvalue weighted by atomic mass is 16.3. The number of hydrogen-bond donors (Lipinski definition) is 1. The second kappa shape index (κ2) is 8.44. The van der Waals surface area contributed by atoms with Crippen LogP contribution in [0, 0.1) is 6.92 Å². The molecule has 4 aromatic rings. The van der Waals surface area contributed by atoms with Gasteiger partial charge < -0.3 is 14.6 Å². The molecule has 0 atom stereocenters. The summed E-state index contributed by atoms with van der Waals surface area (Å²) in [6.45, 7) is 6.13. The van der Waals surface area contributed by atoms with Crippen molar-refractivity contribution in [3.05, 3.63) is 80.3 Å². The Bertz CT molecular complexity index is 1410. The van der Waals surface area contributed by atoms with Gasteiger partial charge in [-0.25, -0.2) is 0 Å². The highest BCUT2D eigenvalue weighted by Crippen LogP contribution is 2.30. The maximum atomic E-state index is 12.3. The Morgan fingerprint density at radius 3 is 2.50 bits per heavy atom. The number of benzene rings is 2. The van der Waals surface area contributed by atoms with E-state index in [0.717, 1.165) is 68.7 Å². The molecule has 1 aromatic heterocycles. The molecule has 2 aliphatic rings. The summed E-state index contributed by atoms with van der Waals surface area (Å²) >= 11 is 0. The van der Waals surface area contributed by atoms with Crippen LogP contribution in [0.1, 0.15) is 30.6 Å². The van der Waals surface area contributed by atoms with Crippen LogP contribution in [0.15, 0.2) is 62.5 Å². The van der Waals surface area contributed by atoms with Gasteiger partial charge in [-0.15, -0.1) is 0 Å². The van der Waals surface area contributed by atoms with Crippen molar-refractivity contribution in [2.75, 3.05) is 36.4 Å². The minimum absolute atomic E-state index is 0.335. The van der Waals surface area contributed by atoms with Crippen molar-refractivity contribution in [2.45, 2.75) is 38.8 Å². The molecule has 6 rings (SSSR count). The summed E-state index contributed by atoms with van der Waals surface area (Å²) in [7, 11) is 0. The van der Waals surface area contributed by atoms with Gasteiger partial charge in [-0.3, -0.25) is 14.5 Å². The SMILES string of the molecule is Cc1ccc(-c2ccc3oc(CN4CCCN(c5c(NC6CC6)c(=O)c5=O)CC4)cc3c2)cc1. The molecule has 174 valence electrons. The molecule has 2 fully saturated rings. The fourth-order valence-corrected chi connectivity index (χ4v) is 4.92. The third kappa shape index (κ3) is 4.03. The molecular formula is C28H29N3O3. The molecule has 6 nitrogen and oxygen atoms in total. The molecular weight excluding hydrogens is 426 g/mol. The molecule has 6 heteroatoms. The lowest BCUT2D eigenvalue weighted by atomic mass is 10.0. The van der Waals surface area contributed by atoms with Gasteiger partial charge >= 0.3 is 0 Å². The van der Waals surface area contributed by atoms with Gasteiger partial charge in [-0.1, -0.05) is 35.9 Å². The second-order valence-corrected chi connectivity index (χ2v) is 9.75. The number of hydrogen-bond acceptors (Lipinski definition) is 6. The third-order valence-electron chi connectivity index (χ3n) is 7.05. The van der Waals surface area contributed by atoms with E-state index in [1.54, 1.807) is 0 Å². The Hall–Kier alpha value is -3.38. The lowest BCUT2D eigenvalue weighted by Crippen LogP contribution is -2.44. The fraction of sp³-hybridized carbons (Fsp3) is 0.357. The molecule has 34 heavy (non-hydrogen) atoms. The molecule has 0 amide bonds. The molecule has 0 radical (unpaired) electrons. The predicted molar refractivity (Wildman–Crippen MR) is 136 cm³/mol. The first kappa shape index (κ1) is 21.2. The molecule has 1 aliphatic heterocycles. The largest absolute Gasteiger partial charge is 0.460 e. The van der Waals surface area contributed by atoms with E-state index >= 15 is 0 Å². The minimum Gasteiger partial charge on any atom is -0.460 e. The van der Waals surface area contributed by atoms with E-state index in [0.29, 0.717) is 17.4 Å². The first-order valence-electron chi connectivity index (χ1n) is 12.2. The van der Waals surface area contributed by atoms with Crippen LogP contribution in [0.3, 0.4) is 0 Å². The molecule has 0 unspecified atom stereocenters. The van der Waals surface area contributed by atoms with Gasteiger partial charge in [0.15, 0.2) is 0 Å². The number of nitrogens with zero attached hydrogens (tertiary/aromatic N) is 2. The van der Waals surface area contributed by atoms with Gasteiger partial charge in [0, 0.05) is 37.6 Å². The monoisotopic (exact) mass is 455 g/mol. The maximum Gasteiger partial charge on any atom is 0.253 e. The van der Waals surface area contributed by atoms with E-state index in [9.17, 15) is 9.59 Å². The summed E-state index contributed by atoms with van der Waals surface area (Å²) in [5.41, 5.74) is 5.01. The lowest BCUT2D eigenvalue weighted by molar-refractivity contribution is 0.263. The Kier molecular flexibility index (Phi) is 5.26. The van der Waals surface area contributed by atoms with E-state index in [1.807, 2.05) is 0 Å². The summed E-state index contributed by atoms with van der Waals surface area (Å²) in [6.07, 6.45) is 3.10. The van der Waals surface area contributed by atoms with Gasteiger partial charge in [0.05, 0.1) is 6.54 Å². The fourth-order valence-electron chi connectivity index (χ4n) is 4.92.